The highest BCUT2D eigenvalue weighted by atomic mass is 16.7. The van der Waals surface area contributed by atoms with Crippen molar-refractivity contribution >= 4 is 0 Å². The van der Waals surface area contributed by atoms with Gasteiger partial charge in [0, 0.05) is 12.8 Å². The summed E-state index contributed by atoms with van der Waals surface area (Å²) in [5, 5.41) is 9.51. The van der Waals surface area contributed by atoms with Crippen molar-refractivity contribution < 1.29 is 14.6 Å². The molecule has 1 saturated heterocycles. The Labute approximate surface area is 72.7 Å². The third kappa shape index (κ3) is 1.37. The lowest BCUT2D eigenvalue weighted by atomic mass is 9.84. The second-order valence-corrected chi connectivity index (χ2v) is 3.90. The molecule has 0 unspecified atom stereocenters. The standard InChI is InChI=1S/C9H16O3/c1-7-6-9(3-2-8(7)10)11-4-5-12-9/h7-8,10H,2-6H2,1H3/t7-,8+/m1/s1. The molecule has 1 heterocycles. The summed E-state index contributed by atoms with van der Waals surface area (Å²) in [6.07, 6.45) is 2.33. The smallest absolute Gasteiger partial charge is 0.168 e. The van der Waals surface area contributed by atoms with Gasteiger partial charge in [-0.2, -0.15) is 0 Å². The molecule has 2 atom stereocenters. The fourth-order valence-electron chi connectivity index (χ4n) is 2.14. The molecule has 1 aliphatic heterocycles. The van der Waals surface area contributed by atoms with Gasteiger partial charge in [0.1, 0.15) is 0 Å². The number of aliphatic hydroxyl groups excluding tert-OH is 1. The van der Waals surface area contributed by atoms with Gasteiger partial charge < -0.3 is 14.6 Å². The van der Waals surface area contributed by atoms with E-state index in [1.807, 2.05) is 0 Å². The molecule has 3 nitrogen and oxygen atoms in total. The topological polar surface area (TPSA) is 38.7 Å². The van der Waals surface area contributed by atoms with Gasteiger partial charge in [-0.15, -0.1) is 0 Å². The molecule has 1 N–H and O–H groups in total. The van der Waals surface area contributed by atoms with E-state index in [1.54, 1.807) is 0 Å². The summed E-state index contributed by atoms with van der Waals surface area (Å²) in [5.41, 5.74) is 0. The molecule has 3 heteroatoms. The first-order valence-corrected chi connectivity index (χ1v) is 4.68. The molecule has 1 spiro atoms. The zero-order valence-electron chi connectivity index (χ0n) is 7.45. The van der Waals surface area contributed by atoms with Crippen molar-refractivity contribution in [2.45, 2.75) is 38.1 Å². The summed E-state index contributed by atoms with van der Waals surface area (Å²) < 4.78 is 11.1. The average molecular weight is 172 g/mol. The molecule has 1 aliphatic carbocycles. The summed E-state index contributed by atoms with van der Waals surface area (Å²) in [5.74, 6) is -0.0320. The van der Waals surface area contributed by atoms with Gasteiger partial charge in [-0.25, -0.2) is 0 Å². The number of hydrogen-bond acceptors (Lipinski definition) is 3. The van der Waals surface area contributed by atoms with E-state index in [1.165, 1.54) is 0 Å². The van der Waals surface area contributed by atoms with E-state index in [4.69, 9.17) is 9.47 Å². The summed E-state index contributed by atoms with van der Waals surface area (Å²) in [4.78, 5) is 0. The molecule has 0 aromatic rings. The van der Waals surface area contributed by atoms with Crippen molar-refractivity contribution in [3.8, 4) is 0 Å². The predicted molar refractivity (Wildman–Crippen MR) is 43.7 cm³/mol. The molecule has 2 aliphatic rings. The third-order valence-corrected chi connectivity index (χ3v) is 2.92. The first kappa shape index (κ1) is 8.48. The van der Waals surface area contributed by atoms with Crippen LogP contribution in [0.15, 0.2) is 0 Å². The number of hydrogen-bond donors (Lipinski definition) is 1. The van der Waals surface area contributed by atoms with Crippen LogP contribution in [0.2, 0.25) is 0 Å². The van der Waals surface area contributed by atoms with Crippen LogP contribution in [0.5, 0.6) is 0 Å². The normalized spacial score (nSPS) is 40.5. The van der Waals surface area contributed by atoms with Gasteiger partial charge in [-0.05, 0) is 12.3 Å². The van der Waals surface area contributed by atoms with Crippen molar-refractivity contribution in [3.05, 3.63) is 0 Å². The van der Waals surface area contributed by atoms with Crippen LogP contribution < -0.4 is 0 Å². The van der Waals surface area contributed by atoms with E-state index >= 15 is 0 Å². The number of ether oxygens (including phenoxy) is 2. The van der Waals surface area contributed by atoms with Crippen LogP contribution in [-0.4, -0.2) is 30.2 Å². The largest absolute Gasteiger partial charge is 0.393 e. The van der Waals surface area contributed by atoms with E-state index in [9.17, 15) is 5.11 Å². The summed E-state index contributed by atoms with van der Waals surface area (Å²) in [7, 11) is 0. The molecule has 0 aromatic carbocycles. The quantitative estimate of drug-likeness (QED) is 0.590. The Morgan fingerprint density at radius 1 is 1.33 bits per heavy atom. The zero-order chi connectivity index (χ0) is 8.60. The summed E-state index contributed by atoms with van der Waals surface area (Å²) in [6.45, 7) is 3.47. The average Bonchev–Trinajstić information content (AvgIpc) is 2.47. The highest BCUT2D eigenvalue weighted by Crippen LogP contribution is 2.38. The second-order valence-electron chi connectivity index (χ2n) is 3.90. The highest BCUT2D eigenvalue weighted by molar-refractivity contribution is 4.85. The molecule has 12 heavy (non-hydrogen) atoms. The third-order valence-electron chi connectivity index (χ3n) is 2.92. The monoisotopic (exact) mass is 172 g/mol. The van der Waals surface area contributed by atoms with Gasteiger partial charge in [0.15, 0.2) is 5.79 Å². The molecule has 1 saturated carbocycles. The van der Waals surface area contributed by atoms with Crippen LogP contribution in [0, 0.1) is 5.92 Å². The maximum absolute atomic E-state index is 9.51. The van der Waals surface area contributed by atoms with Crippen LogP contribution in [0.1, 0.15) is 26.2 Å². The van der Waals surface area contributed by atoms with Crippen molar-refractivity contribution in [3.63, 3.8) is 0 Å². The van der Waals surface area contributed by atoms with Crippen LogP contribution >= 0.6 is 0 Å². The number of aliphatic hydroxyl groups is 1. The van der Waals surface area contributed by atoms with Gasteiger partial charge >= 0.3 is 0 Å². The molecule has 0 radical (unpaired) electrons. The molecular weight excluding hydrogens is 156 g/mol. The summed E-state index contributed by atoms with van der Waals surface area (Å²) in [6, 6.07) is 0. The fraction of sp³-hybridized carbons (Fsp3) is 1.00. The second kappa shape index (κ2) is 2.98. The Morgan fingerprint density at radius 2 is 2.00 bits per heavy atom. The van der Waals surface area contributed by atoms with Crippen LogP contribution in [-0.2, 0) is 9.47 Å². The lowest BCUT2D eigenvalue weighted by Crippen LogP contribution is -2.41. The molecule has 0 aromatic heterocycles. The van der Waals surface area contributed by atoms with Crippen LogP contribution in [0.3, 0.4) is 0 Å². The molecule has 2 fully saturated rings. The Kier molecular flexibility index (Phi) is 2.10. The first-order chi connectivity index (χ1) is 5.72. The van der Waals surface area contributed by atoms with Gasteiger partial charge in [-0.3, -0.25) is 0 Å². The van der Waals surface area contributed by atoms with Gasteiger partial charge in [0.25, 0.3) is 0 Å². The van der Waals surface area contributed by atoms with Crippen molar-refractivity contribution in [2.75, 3.05) is 13.2 Å². The van der Waals surface area contributed by atoms with E-state index < -0.39 is 0 Å². The first-order valence-electron chi connectivity index (χ1n) is 4.68. The molecule has 0 bridgehead atoms. The molecule has 0 amide bonds. The van der Waals surface area contributed by atoms with E-state index in [0.717, 1.165) is 19.3 Å². The minimum atomic E-state index is -0.335. The fourth-order valence-corrected chi connectivity index (χ4v) is 2.14. The Bertz CT molecular complexity index is 163. The van der Waals surface area contributed by atoms with Gasteiger partial charge in [0.05, 0.1) is 19.3 Å². The van der Waals surface area contributed by atoms with E-state index in [0.29, 0.717) is 19.1 Å². The van der Waals surface area contributed by atoms with E-state index in [2.05, 4.69) is 6.92 Å². The maximum Gasteiger partial charge on any atom is 0.168 e. The Morgan fingerprint density at radius 3 is 2.58 bits per heavy atom. The molecular formula is C9H16O3. The van der Waals surface area contributed by atoms with Gasteiger partial charge in [-0.1, -0.05) is 6.92 Å². The lowest BCUT2D eigenvalue weighted by Gasteiger charge is -2.37. The minimum absolute atomic E-state index is 0.163. The van der Waals surface area contributed by atoms with Crippen LogP contribution in [0.4, 0.5) is 0 Å². The summed E-state index contributed by atoms with van der Waals surface area (Å²) >= 11 is 0. The Hall–Kier alpha value is -0.120. The predicted octanol–water partition coefficient (Wildman–Crippen LogP) is 0.910. The van der Waals surface area contributed by atoms with Crippen molar-refractivity contribution in [1.29, 1.82) is 0 Å². The highest BCUT2D eigenvalue weighted by Gasteiger charge is 2.42. The van der Waals surface area contributed by atoms with Crippen molar-refractivity contribution in [2.24, 2.45) is 5.92 Å². The van der Waals surface area contributed by atoms with E-state index in [-0.39, 0.29) is 11.9 Å². The lowest BCUT2D eigenvalue weighted by molar-refractivity contribution is -0.200. The van der Waals surface area contributed by atoms with Gasteiger partial charge in [0.2, 0.25) is 0 Å². The number of rotatable bonds is 0. The van der Waals surface area contributed by atoms with Crippen molar-refractivity contribution in [1.82, 2.24) is 0 Å². The molecule has 2 rings (SSSR count). The zero-order valence-corrected chi connectivity index (χ0v) is 7.45. The minimum Gasteiger partial charge on any atom is -0.393 e. The molecule has 70 valence electrons. The maximum atomic E-state index is 9.51. The van der Waals surface area contributed by atoms with Crippen LogP contribution in [0.25, 0.3) is 0 Å². The SMILES string of the molecule is C[C@@H]1CC2(CC[C@@H]1O)OCCO2. The Balaban J connectivity index is 2.01.